The molecule has 0 spiro atoms. The molecule has 0 saturated carbocycles. The predicted octanol–water partition coefficient (Wildman–Crippen LogP) is 1.65. The molecule has 0 N–H and O–H groups in total. The van der Waals surface area contributed by atoms with E-state index in [1.165, 1.54) is 13.3 Å². The molecule has 0 aliphatic heterocycles. The minimum atomic E-state index is 0.0373. The fourth-order valence-corrected chi connectivity index (χ4v) is 1.56. The summed E-state index contributed by atoms with van der Waals surface area (Å²) in [5, 5.41) is 11.0. The van der Waals surface area contributed by atoms with Crippen LogP contribution in [0.5, 0.6) is 0 Å². The standard InChI is InChI=1S/C12H12N4O/c1-9(6-10(2)17)11-4-3-5-12(7-11)16-8-13-14-15-16/h3-8H,1-2H3/b9-6-. The lowest BCUT2D eigenvalue weighted by atomic mass is 10.1. The van der Waals surface area contributed by atoms with Crippen molar-refractivity contribution in [3.05, 3.63) is 42.2 Å². The first kappa shape index (κ1) is 11.2. The SMILES string of the molecule is CC(=O)/C=C(/C)c1cccc(-n2cnnn2)c1. The molecule has 0 atom stereocenters. The number of tetrazole rings is 1. The number of benzene rings is 1. The molecule has 17 heavy (non-hydrogen) atoms. The van der Waals surface area contributed by atoms with Gasteiger partial charge in [-0.05, 0) is 53.6 Å². The van der Waals surface area contributed by atoms with Gasteiger partial charge in [-0.1, -0.05) is 12.1 Å². The molecule has 5 heteroatoms. The number of ketones is 1. The Morgan fingerprint density at radius 3 is 2.82 bits per heavy atom. The number of carbonyl (C=O) groups is 1. The first-order valence-electron chi connectivity index (χ1n) is 5.19. The van der Waals surface area contributed by atoms with E-state index >= 15 is 0 Å². The highest BCUT2D eigenvalue weighted by molar-refractivity contribution is 5.94. The van der Waals surface area contributed by atoms with Crippen molar-refractivity contribution in [1.82, 2.24) is 20.2 Å². The van der Waals surface area contributed by atoms with Crippen LogP contribution in [0.1, 0.15) is 19.4 Å². The summed E-state index contributed by atoms with van der Waals surface area (Å²) in [5.74, 6) is 0.0373. The van der Waals surface area contributed by atoms with Gasteiger partial charge in [0, 0.05) is 0 Å². The van der Waals surface area contributed by atoms with E-state index in [1.807, 2.05) is 31.2 Å². The van der Waals surface area contributed by atoms with Crippen LogP contribution >= 0.6 is 0 Å². The molecule has 86 valence electrons. The summed E-state index contributed by atoms with van der Waals surface area (Å²) in [4.78, 5) is 11.0. The number of aromatic nitrogens is 4. The lowest BCUT2D eigenvalue weighted by molar-refractivity contribution is -0.112. The van der Waals surface area contributed by atoms with Crippen LogP contribution in [0.4, 0.5) is 0 Å². The van der Waals surface area contributed by atoms with Gasteiger partial charge in [-0.3, -0.25) is 4.79 Å². The van der Waals surface area contributed by atoms with Crippen molar-refractivity contribution < 1.29 is 4.79 Å². The van der Waals surface area contributed by atoms with Crippen LogP contribution in [-0.2, 0) is 4.79 Å². The predicted molar refractivity (Wildman–Crippen MR) is 63.5 cm³/mol. The zero-order valence-corrected chi connectivity index (χ0v) is 9.66. The third-order valence-electron chi connectivity index (χ3n) is 2.33. The summed E-state index contributed by atoms with van der Waals surface area (Å²) in [7, 11) is 0. The summed E-state index contributed by atoms with van der Waals surface area (Å²) >= 11 is 0. The van der Waals surface area contributed by atoms with E-state index in [0.29, 0.717) is 0 Å². The molecular formula is C12H12N4O. The minimum absolute atomic E-state index is 0.0373. The molecule has 0 aliphatic carbocycles. The van der Waals surface area contributed by atoms with E-state index in [1.54, 1.807) is 10.8 Å². The van der Waals surface area contributed by atoms with Crippen molar-refractivity contribution in [2.45, 2.75) is 13.8 Å². The highest BCUT2D eigenvalue weighted by atomic mass is 16.1. The van der Waals surface area contributed by atoms with Gasteiger partial charge in [0.2, 0.25) is 0 Å². The van der Waals surface area contributed by atoms with Crippen LogP contribution in [0.2, 0.25) is 0 Å². The molecule has 0 saturated heterocycles. The van der Waals surface area contributed by atoms with Crippen LogP contribution in [0, 0.1) is 0 Å². The Labute approximate surface area is 98.8 Å². The number of hydrogen-bond acceptors (Lipinski definition) is 4. The molecule has 0 radical (unpaired) electrons. The number of rotatable bonds is 3. The molecule has 2 rings (SSSR count). The molecule has 5 nitrogen and oxygen atoms in total. The van der Waals surface area contributed by atoms with Gasteiger partial charge in [-0.2, -0.15) is 0 Å². The largest absolute Gasteiger partial charge is 0.295 e. The highest BCUT2D eigenvalue weighted by Crippen LogP contribution is 2.16. The minimum Gasteiger partial charge on any atom is -0.295 e. The summed E-state index contributed by atoms with van der Waals surface area (Å²) in [5.41, 5.74) is 2.77. The zero-order chi connectivity index (χ0) is 12.3. The molecule has 1 aromatic carbocycles. The van der Waals surface area contributed by atoms with Crippen molar-refractivity contribution in [3.8, 4) is 5.69 Å². The fraction of sp³-hybridized carbons (Fsp3) is 0.167. The molecular weight excluding hydrogens is 216 g/mol. The average molecular weight is 228 g/mol. The van der Waals surface area contributed by atoms with Gasteiger partial charge in [0.25, 0.3) is 0 Å². The average Bonchev–Trinajstić information content (AvgIpc) is 2.82. The van der Waals surface area contributed by atoms with E-state index in [4.69, 9.17) is 0 Å². The Morgan fingerprint density at radius 1 is 1.35 bits per heavy atom. The Kier molecular flexibility index (Phi) is 3.09. The molecule has 0 fully saturated rings. The summed E-state index contributed by atoms with van der Waals surface area (Å²) < 4.78 is 1.57. The Morgan fingerprint density at radius 2 is 2.18 bits per heavy atom. The van der Waals surface area contributed by atoms with E-state index in [2.05, 4.69) is 15.5 Å². The van der Waals surface area contributed by atoms with E-state index in [0.717, 1.165) is 16.8 Å². The van der Waals surface area contributed by atoms with Crippen molar-refractivity contribution in [2.24, 2.45) is 0 Å². The van der Waals surface area contributed by atoms with Gasteiger partial charge in [0.15, 0.2) is 5.78 Å². The van der Waals surface area contributed by atoms with Crippen molar-refractivity contribution in [3.63, 3.8) is 0 Å². The molecule has 1 heterocycles. The molecule has 0 unspecified atom stereocenters. The number of carbonyl (C=O) groups excluding carboxylic acids is 1. The monoisotopic (exact) mass is 228 g/mol. The number of hydrogen-bond donors (Lipinski definition) is 0. The van der Waals surface area contributed by atoms with Crippen LogP contribution < -0.4 is 0 Å². The van der Waals surface area contributed by atoms with Crippen molar-refractivity contribution in [2.75, 3.05) is 0 Å². The molecule has 2 aromatic rings. The van der Waals surface area contributed by atoms with Gasteiger partial charge in [-0.15, -0.1) is 5.10 Å². The lowest BCUT2D eigenvalue weighted by Gasteiger charge is -2.04. The second kappa shape index (κ2) is 4.69. The van der Waals surface area contributed by atoms with Gasteiger partial charge < -0.3 is 0 Å². The van der Waals surface area contributed by atoms with Crippen molar-refractivity contribution >= 4 is 11.4 Å². The third-order valence-corrected chi connectivity index (χ3v) is 2.33. The third kappa shape index (κ3) is 2.63. The van der Waals surface area contributed by atoms with Crippen LogP contribution in [0.3, 0.4) is 0 Å². The van der Waals surface area contributed by atoms with E-state index in [-0.39, 0.29) is 5.78 Å². The smallest absolute Gasteiger partial charge is 0.152 e. The van der Waals surface area contributed by atoms with Crippen LogP contribution in [0.25, 0.3) is 11.3 Å². The Bertz CT molecular complexity index is 558. The van der Waals surface area contributed by atoms with Gasteiger partial charge in [-0.25, -0.2) is 4.68 Å². The summed E-state index contributed by atoms with van der Waals surface area (Å²) in [6, 6.07) is 7.69. The van der Waals surface area contributed by atoms with Crippen molar-refractivity contribution in [1.29, 1.82) is 0 Å². The number of allylic oxidation sites excluding steroid dienone is 2. The van der Waals surface area contributed by atoms with Gasteiger partial charge in [0.1, 0.15) is 6.33 Å². The Balaban J connectivity index is 2.39. The molecule has 0 amide bonds. The second-order valence-corrected chi connectivity index (χ2v) is 3.74. The molecule has 1 aromatic heterocycles. The van der Waals surface area contributed by atoms with E-state index in [9.17, 15) is 4.79 Å². The van der Waals surface area contributed by atoms with Crippen LogP contribution in [0.15, 0.2) is 36.7 Å². The number of nitrogens with zero attached hydrogens (tertiary/aromatic N) is 4. The maximum absolute atomic E-state index is 11.0. The lowest BCUT2D eigenvalue weighted by Crippen LogP contribution is -1.96. The Hall–Kier alpha value is -2.30. The fourth-order valence-electron chi connectivity index (χ4n) is 1.56. The maximum atomic E-state index is 11.0. The van der Waals surface area contributed by atoms with E-state index < -0.39 is 0 Å². The topological polar surface area (TPSA) is 60.7 Å². The van der Waals surface area contributed by atoms with Gasteiger partial charge >= 0.3 is 0 Å². The van der Waals surface area contributed by atoms with Gasteiger partial charge in [0.05, 0.1) is 5.69 Å². The second-order valence-electron chi connectivity index (χ2n) is 3.74. The molecule has 0 aliphatic rings. The highest BCUT2D eigenvalue weighted by Gasteiger charge is 2.01. The normalized spacial score (nSPS) is 11.5. The summed E-state index contributed by atoms with van der Waals surface area (Å²) in [6.45, 7) is 3.44. The summed E-state index contributed by atoms with van der Waals surface area (Å²) in [6.07, 6.45) is 3.14. The first-order chi connectivity index (χ1) is 8.16. The maximum Gasteiger partial charge on any atom is 0.152 e. The molecule has 0 bridgehead atoms. The quantitative estimate of drug-likeness (QED) is 0.749. The zero-order valence-electron chi connectivity index (χ0n) is 9.66. The van der Waals surface area contributed by atoms with Crippen LogP contribution in [-0.4, -0.2) is 26.0 Å². The first-order valence-corrected chi connectivity index (χ1v) is 5.19.